The third-order valence-electron chi connectivity index (χ3n) is 3.11. The van der Waals surface area contributed by atoms with E-state index in [1.54, 1.807) is 18.2 Å². The summed E-state index contributed by atoms with van der Waals surface area (Å²) in [5.41, 5.74) is 6.64. The Morgan fingerprint density at radius 1 is 1.56 bits per heavy atom. The molecule has 3 N–H and O–H groups in total. The van der Waals surface area contributed by atoms with Crippen molar-refractivity contribution in [3.05, 3.63) is 23.8 Å². The highest BCUT2D eigenvalue weighted by Crippen LogP contribution is 2.26. The number of rotatable bonds is 2. The quantitative estimate of drug-likeness (QED) is 0.806. The minimum atomic E-state index is -0.526. The monoisotopic (exact) mass is 247 g/mol. The van der Waals surface area contributed by atoms with Crippen LogP contribution in [-0.2, 0) is 0 Å². The molecule has 0 saturated carbocycles. The maximum absolute atomic E-state index is 11.3. The number of nitrogens with two attached hydrogens (primary N) is 1. The molecule has 1 saturated heterocycles. The third kappa shape index (κ3) is 1.70. The fraction of sp³-hybridized carbons (Fsp3) is 0.333. The molecule has 18 heavy (non-hydrogen) atoms. The van der Waals surface area contributed by atoms with Crippen molar-refractivity contribution in [3.8, 4) is 0 Å². The van der Waals surface area contributed by atoms with E-state index in [2.05, 4.69) is 4.98 Å². The molecule has 0 unspecified atom stereocenters. The lowest BCUT2D eigenvalue weighted by atomic mass is 10.2. The number of primary amides is 1. The number of para-hydroxylation sites is 1. The molecule has 1 fully saturated rings. The van der Waals surface area contributed by atoms with Gasteiger partial charge in [-0.3, -0.25) is 4.79 Å². The van der Waals surface area contributed by atoms with Crippen LogP contribution in [0.1, 0.15) is 16.8 Å². The number of aromatic nitrogens is 1. The van der Waals surface area contributed by atoms with Crippen molar-refractivity contribution < 1.29 is 14.3 Å². The van der Waals surface area contributed by atoms with Gasteiger partial charge in [0, 0.05) is 13.1 Å². The number of β-amino-alcohol motifs (C(OH)–C–C–N with tert-alkyl or cyclic N) is 1. The maximum atomic E-state index is 11.3. The molecule has 1 aromatic carbocycles. The Hall–Kier alpha value is -2.08. The highest BCUT2D eigenvalue weighted by Gasteiger charge is 2.25. The molecule has 0 radical (unpaired) electrons. The molecular formula is C12H13N3O3. The predicted octanol–water partition coefficient (Wildman–Crippen LogP) is 0.498. The van der Waals surface area contributed by atoms with Gasteiger partial charge in [-0.2, -0.15) is 4.98 Å². The summed E-state index contributed by atoms with van der Waals surface area (Å²) >= 11 is 0. The van der Waals surface area contributed by atoms with Gasteiger partial charge in [-0.25, -0.2) is 0 Å². The lowest BCUT2D eigenvalue weighted by Gasteiger charge is -2.10. The number of carbonyl (C=O) groups excluding carboxylic acids is 1. The van der Waals surface area contributed by atoms with E-state index >= 15 is 0 Å². The zero-order valence-corrected chi connectivity index (χ0v) is 9.67. The van der Waals surface area contributed by atoms with Gasteiger partial charge in [0.25, 0.3) is 11.9 Å². The van der Waals surface area contributed by atoms with E-state index < -0.39 is 5.91 Å². The first-order valence-corrected chi connectivity index (χ1v) is 5.77. The summed E-state index contributed by atoms with van der Waals surface area (Å²) in [4.78, 5) is 17.4. The first-order chi connectivity index (χ1) is 8.65. The van der Waals surface area contributed by atoms with Crippen molar-refractivity contribution in [1.82, 2.24) is 4.98 Å². The number of fused-ring (bicyclic) bond motifs is 1. The molecule has 1 aliphatic heterocycles. The predicted molar refractivity (Wildman–Crippen MR) is 65.4 cm³/mol. The molecule has 1 aromatic heterocycles. The number of hydrogen-bond donors (Lipinski definition) is 2. The van der Waals surface area contributed by atoms with Crippen LogP contribution < -0.4 is 10.6 Å². The molecule has 1 atom stereocenters. The van der Waals surface area contributed by atoms with Crippen molar-refractivity contribution in [1.29, 1.82) is 0 Å². The molecule has 1 aliphatic rings. The highest BCUT2D eigenvalue weighted by molar-refractivity contribution is 6.03. The molecular weight excluding hydrogens is 234 g/mol. The van der Waals surface area contributed by atoms with E-state index in [4.69, 9.17) is 10.2 Å². The topological polar surface area (TPSA) is 92.6 Å². The van der Waals surface area contributed by atoms with Gasteiger partial charge in [-0.1, -0.05) is 6.07 Å². The SMILES string of the molecule is NC(=O)c1cccc2oc(N3CC[C@@H](O)C3)nc12. The summed E-state index contributed by atoms with van der Waals surface area (Å²) in [6, 6.07) is 5.49. The Kier molecular flexibility index (Phi) is 2.45. The molecule has 0 spiro atoms. The number of aliphatic hydroxyl groups is 1. The summed E-state index contributed by atoms with van der Waals surface area (Å²) < 4.78 is 5.59. The minimum Gasteiger partial charge on any atom is -0.423 e. The summed E-state index contributed by atoms with van der Waals surface area (Å²) in [5.74, 6) is -0.526. The number of anilines is 1. The minimum absolute atomic E-state index is 0.349. The summed E-state index contributed by atoms with van der Waals surface area (Å²) in [7, 11) is 0. The standard InChI is InChI=1S/C12H13N3O3/c13-11(17)8-2-1-3-9-10(8)14-12(18-9)15-5-4-7(16)6-15/h1-3,7,16H,4-6H2,(H2,13,17)/t7-/m1/s1. The number of hydrogen-bond acceptors (Lipinski definition) is 5. The molecule has 6 nitrogen and oxygen atoms in total. The van der Waals surface area contributed by atoms with Crippen LogP contribution in [0.3, 0.4) is 0 Å². The number of benzene rings is 1. The molecule has 3 rings (SSSR count). The van der Waals surface area contributed by atoms with Crippen molar-refractivity contribution in [2.75, 3.05) is 18.0 Å². The van der Waals surface area contributed by atoms with Crippen LogP contribution in [0.15, 0.2) is 22.6 Å². The highest BCUT2D eigenvalue weighted by atomic mass is 16.4. The zero-order chi connectivity index (χ0) is 12.7. The summed E-state index contributed by atoms with van der Waals surface area (Å²) in [6.07, 6.45) is 0.345. The van der Waals surface area contributed by atoms with Crippen LogP contribution in [0.4, 0.5) is 6.01 Å². The first kappa shape index (κ1) is 11.0. The van der Waals surface area contributed by atoms with Crippen molar-refractivity contribution in [2.45, 2.75) is 12.5 Å². The van der Waals surface area contributed by atoms with Crippen LogP contribution in [0.25, 0.3) is 11.1 Å². The van der Waals surface area contributed by atoms with E-state index in [-0.39, 0.29) is 6.10 Å². The largest absolute Gasteiger partial charge is 0.423 e. The molecule has 2 heterocycles. The first-order valence-electron chi connectivity index (χ1n) is 5.77. The van der Waals surface area contributed by atoms with Gasteiger partial charge >= 0.3 is 0 Å². The smallest absolute Gasteiger partial charge is 0.298 e. The van der Waals surface area contributed by atoms with Crippen molar-refractivity contribution in [3.63, 3.8) is 0 Å². The lowest BCUT2D eigenvalue weighted by molar-refractivity contribution is 0.100. The second-order valence-corrected chi connectivity index (χ2v) is 4.40. The van der Waals surface area contributed by atoms with Crippen LogP contribution in [0.5, 0.6) is 0 Å². The van der Waals surface area contributed by atoms with Crippen LogP contribution in [0, 0.1) is 0 Å². The Labute approximate surface area is 103 Å². The van der Waals surface area contributed by atoms with Crippen LogP contribution in [0.2, 0.25) is 0 Å². The van der Waals surface area contributed by atoms with Crippen LogP contribution >= 0.6 is 0 Å². The Morgan fingerprint density at radius 2 is 2.39 bits per heavy atom. The van der Waals surface area contributed by atoms with Crippen molar-refractivity contribution in [2.24, 2.45) is 5.73 Å². The number of aliphatic hydroxyl groups excluding tert-OH is 1. The van der Waals surface area contributed by atoms with E-state index in [0.29, 0.717) is 42.2 Å². The Balaban J connectivity index is 2.05. The molecule has 94 valence electrons. The van der Waals surface area contributed by atoms with Gasteiger partial charge < -0.3 is 20.2 Å². The van der Waals surface area contributed by atoms with Crippen LogP contribution in [-0.4, -0.2) is 35.2 Å². The number of amides is 1. The molecule has 6 heteroatoms. The van der Waals surface area contributed by atoms with E-state index in [1.807, 2.05) is 4.90 Å². The molecule has 0 aliphatic carbocycles. The van der Waals surface area contributed by atoms with Gasteiger partial charge in [0.1, 0.15) is 5.52 Å². The van der Waals surface area contributed by atoms with Gasteiger partial charge in [0.05, 0.1) is 11.7 Å². The van der Waals surface area contributed by atoms with Gasteiger partial charge in [-0.05, 0) is 18.6 Å². The summed E-state index contributed by atoms with van der Waals surface area (Å²) in [5, 5.41) is 9.49. The molecule has 2 aromatic rings. The Morgan fingerprint density at radius 3 is 3.06 bits per heavy atom. The number of nitrogens with zero attached hydrogens (tertiary/aromatic N) is 2. The second-order valence-electron chi connectivity index (χ2n) is 4.40. The van der Waals surface area contributed by atoms with E-state index in [9.17, 15) is 9.90 Å². The maximum Gasteiger partial charge on any atom is 0.298 e. The lowest BCUT2D eigenvalue weighted by Crippen LogP contribution is -2.21. The number of oxazole rings is 1. The summed E-state index contributed by atoms with van der Waals surface area (Å²) in [6.45, 7) is 1.19. The molecule has 0 bridgehead atoms. The second kappa shape index (κ2) is 3.99. The zero-order valence-electron chi connectivity index (χ0n) is 9.67. The fourth-order valence-electron chi connectivity index (χ4n) is 2.19. The number of carbonyl (C=O) groups is 1. The fourth-order valence-corrected chi connectivity index (χ4v) is 2.19. The van der Waals surface area contributed by atoms with Crippen molar-refractivity contribution >= 4 is 23.0 Å². The Bertz CT molecular complexity index is 608. The third-order valence-corrected chi connectivity index (χ3v) is 3.11. The van der Waals surface area contributed by atoms with Gasteiger partial charge in [0.2, 0.25) is 0 Å². The van der Waals surface area contributed by atoms with E-state index in [0.717, 1.165) is 0 Å². The van der Waals surface area contributed by atoms with Gasteiger partial charge in [-0.15, -0.1) is 0 Å². The van der Waals surface area contributed by atoms with E-state index in [1.165, 1.54) is 0 Å². The average Bonchev–Trinajstić information content (AvgIpc) is 2.93. The van der Waals surface area contributed by atoms with Gasteiger partial charge in [0.15, 0.2) is 5.58 Å². The normalized spacial score (nSPS) is 19.6. The average molecular weight is 247 g/mol. The molecule has 1 amide bonds.